The molecule has 0 aliphatic heterocycles. The second kappa shape index (κ2) is 6.52. The van der Waals surface area contributed by atoms with Crippen LogP contribution in [-0.4, -0.2) is 13.0 Å². The number of ether oxygens (including phenoxy) is 1. The molecule has 104 valence electrons. The molecule has 0 aromatic heterocycles. The van der Waals surface area contributed by atoms with Gasteiger partial charge in [-0.2, -0.15) is 0 Å². The Morgan fingerprint density at radius 2 is 2.05 bits per heavy atom. The molecule has 0 radical (unpaired) electrons. The molecular weight excluding hydrogens is 325 g/mol. The van der Waals surface area contributed by atoms with Crippen LogP contribution in [0.5, 0.6) is 5.75 Å². The molecule has 0 unspecified atom stereocenters. The van der Waals surface area contributed by atoms with Gasteiger partial charge in [0.25, 0.3) is 5.91 Å². The Morgan fingerprint density at radius 3 is 2.75 bits per heavy atom. The molecule has 0 atom stereocenters. The molecule has 0 saturated heterocycles. The lowest BCUT2D eigenvalue weighted by molar-refractivity contribution is 0.0950. The lowest BCUT2D eigenvalue weighted by Gasteiger charge is -2.08. The Balaban J connectivity index is 2.07. The van der Waals surface area contributed by atoms with E-state index in [1.807, 2.05) is 24.3 Å². The number of benzene rings is 2. The minimum atomic E-state index is -0.491. The summed E-state index contributed by atoms with van der Waals surface area (Å²) in [7, 11) is 1.36. The lowest BCUT2D eigenvalue weighted by Crippen LogP contribution is -2.23. The fourth-order valence-electron chi connectivity index (χ4n) is 1.72. The molecule has 20 heavy (non-hydrogen) atoms. The molecule has 2 rings (SSSR count). The van der Waals surface area contributed by atoms with Crippen LogP contribution >= 0.6 is 15.9 Å². The maximum absolute atomic E-state index is 13.3. The third kappa shape index (κ3) is 3.36. The van der Waals surface area contributed by atoms with Crippen molar-refractivity contribution < 1.29 is 13.9 Å². The third-order valence-corrected chi connectivity index (χ3v) is 3.58. The number of hydrogen-bond donors (Lipinski definition) is 1. The number of nitrogens with one attached hydrogen (secondary N) is 1. The van der Waals surface area contributed by atoms with Crippen molar-refractivity contribution in [2.45, 2.75) is 6.54 Å². The molecule has 5 heteroatoms. The molecule has 0 fully saturated rings. The number of amides is 1. The highest BCUT2D eigenvalue weighted by Crippen LogP contribution is 2.19. The summed E-state index contributed by atoms with van der Waals surface area (Å²) in [6, 6.07) is 11.6. The van der Waals surface area contributed by atoms with Gasteiger partial charge in [-0.05, 0) is 29.8 Å². The zero-order chi connectivity index (χ0) is 14.5. The van der Waals surface area contributed by atoms with E-state index in [1.54, 1.807) is 0 Å². The molecule has 2 aromatic rings. The van der Waals surface area contributed by atoms with Crippen molar-refractivity contribution in [3.8, 4) is 5.75 Å². The van der Waals surface area contributed by atoms with Gasteiger partial charge in [0.1, 0.15) is 0 Å². The Bertz CT molecular complexity index is 631. The molecule has 1 amide bonds. The van der Waals surface area contributed by atoms with E-state index in [9.17, 15) is 9.18 Å². The maximum atomic E-state index is 13.3. The van der Waals surface area contributed by atoms with Gasteiger partial charge in [-0.25, -0.2) is 4.39 Å². The first-order chi connectivity index (χ1) is 9.61. The highest BCUT2D eigenvalue weighted by molar-refractivity contribution is 9.10. The van der Waals surface area contributed by atoms with Crippen molar-refractivity contribution in [2.24, 2.45) is 0 Å². The SMILES string of the molecule is COc1cc(C(=O)NCc2ccccc2Br)ccc1F. The zero-order valence-corrected chi connectivity index (χ0v) is 12.4. The topological polar surface area (TPSA) is 38.3 Å². The Morgan fingerprint density at radius 1 is 1.30 bits per heavy atom. The van der Waals surface area contributed by atoms with Gasteiger partial charge >= 0.3 is 0 Å². The molecule has 3 nitrogen and oxygen atoms in total. The van der Waals surface area contributed by atoms with E-state index in [0.717, 1.165) is 10.0 Å². The molecule has 0 bridgehead atoms. The van der Waals surface area contributed by atoms with Crippen molar-refractivity contribution in [3.05, 3.63) is 63.9 Å². The second-order valence-electron chi connectivity index (χ2n) is 4.12. The summed E-state index contributed by atoms with van der Waals surface area (Å²) in [5, 5.41) is 2.78. The highest BCUT2D eigenvalue weighted by Gasteiger charge is 2.10. The van der Waals surface area contributed by atoms with Crippen molar-refractivity contribution in [1.82, 2.24) is 5.32 Å². The lowest BCUT2D eigenvalue weighted by atomic mass is 10.2. The molecule has 0 saturated carbocycles. The van der Waals surface area contributed by atoms with Gasteiger partial charge in [0, 0.05) is 16.6 Å². The minimum Gasteiger partial charge on any atom is -0.494 e. The van der Waals surface area contributed by atoms with Gasteiger partial charge in [-0.1, -0.05) is 34.1 Å². The molecule has 0 spiro atoms. The average molecular weight is 338 g/mol. The largest absolute Gasteiger partial charge is 0.494 e. The van der Waals surface area contributed by atoms with Gasteiger partial charge in [0.05, 0.1) is 7.11 Å². The van der Waals surface area contributed by atoms with Gasteiger partial charge in [0.15, 0.2) is 11.6 Å². The first-order valence-electron chi connectivity index (χ1n) is 5.97. The predicted octanol–water partition coefficient (Wildman–Crippen LogP) is 3.53. The summed E-state index contributed by atoms with van der Waals surface area (Å²) in [4.78, 5) is 12.0. The Kier molecular flexibility index (Phi) is 4.74. The van der Waals surface area contributed by atoms with E-state index in [0.29, 0.717) is 12.1 Å². The van der Waals surface area contributed by atoms with Crippen LogP contribution in [0.3, 0.4) is 0 Å². The van der Waals surface area contributed by atoms with Gasteiger partial charge in [0.2, 0.25) is 0 Å². The number of hydrogen-bond acceptors (Lipinski definition) is 2. The monoisotopic (exact) mass is 337 g/mol. The van der Waals surface area contributed by atoms with E-state index >= 15 is 0 Å². The van der Waals surface area contributed by atoms with Crippen LogP contribution in [0.15, 0.2) is 46.9 Å². The van der Waals surface area contributed by atoms with Crippen LogP contribution in [-0.2, 0) is 6.54 Å². The number of carbonyl (C=O) groups is 1. The minimum absolute atomic E-state index is 0.0542. The summed E-state index contributed by atoms with van der Waals surface area (Å²) < 4.78 is 19.1. The predicted molar refractivity (Wildman–Crippen MR) is 78.3 cm³/mol. The summed E-state index contributed by atoms with van der Waals surface area (Å²) in [6.07, 6.45) is 0. The smallest absolute Gasteiger partial charge is 0.251 e. The van der Waals surface area contributed by atoms with Crippen LogP contribution < -0.4 is 10.1 Å². The standard InChI is InChI=1S/C15H13BrFNO2/c1-20-14-8-10(6-7-13(14)17)15(19)18-9-11-4-2-3-5-12(11)16/h2-8H,9H2,1H3,(H,18,19). The molecule has 0 aliphatic rings. The average Bonchev–Trinajstić information content (AvgIpc) is 2.46. The van der Waals surface area contributed by atoms with E-state index in [4.69, 9.17) is 4.74 Å². The first kappa shape index (κ1) is 14.5. The van der Waals surface area contributed by atoms with Gasteiger partial charge in [-0.3, -0.25) is 4.79 Å². The van der Waals surface area contributed by atoms with Crippen LogP contribution in [0.25, 0.3) is 0 Å². The van der Waals surface area contributed by atoms with E-state index in [-0.39, 0.29) is 11.7 Å². The normalized spacial score (nSPS) is 10.2. The first-order valence-corrected chi connectivity index (χ1v) is 6.76. The second-order valence-corrected chi connectivity index (χ2v) is 4.98. The van der Waals surface area contributed by atoms with E-state index in [2.05, 4.69) is 21.2 Å². The fourth-order valence-corrected chi connectivity index (χ4v) is 2.15. The summed E-state index contributed by atoms with van der Waals surface area (Å²) >= 11 is 3.41. The van der Waals surface area contributed by atoms with Crippen LogP contribution in [0, 0.1) is 5.82 Å². The van der Waals surface area contributed by atoms with Crippen molar-refractivity contribution in [2.75, 3.05) is 7.11 Å². The van der Waals surface area contributed by atoms with Crippen molar-refractivity contribution >= 4 is 21.8 Å². The molecule has 1 N–H and O–H groups in total. The van der Waals surface area contributed by atoms with Crippen molar-refractivity contribution in [1.29, 1.82) is 0 Å². The maximum Gasteiger partial charge on any atom is 0.251 e. The van der Waals surface area contributed by atoms with Crippen LogP contribution in [0.4, 0.5) is 4.39 Å². The summed E-state index contributed by atoms with van der Waals surface area (Å²) in [5.41, 5.74) is 1.32. The summed E-state index contributed by atoms with van der Waals surface area (Å²) in [5.74, 6) is -0.715. The van der Waals surface area contributed by atoms with Gasteiger partial charge in [-0.15, -0.1) is 0 Å². The molecule has 0 aliphatic carbocycles. The van der Waals surface area contributed by atoms with E-state index < -0.39 is 5.82 Å². The quantitative estimate of drug-likeness (QED) is 0.926. The Hall–Kier alpha value is -1.88. The van der Waals surface area contributed by atoms with Gasteiger partial charge < -0.3 is 10.1 Å². The Labute approximate surface area is 124 Å². The molecule has 2 aromatic carbocycles. The fraction of sp³-hybridized carbons (Fsp3) is 0.133. The molecule has 0 heterocycles. The number of methoxy groups -OCH3 is 1. The van der Waals surface area contributed by atoms with E-state index in [1.165, 1.54) is 25.3 Å². The number of rotatable bonds is 4. The number of carbonyl (C=O) groups excluding carboxylic acids is 1. The molecular formula is C15H13BrFNO2. The zero-order valence-electron chi connectivity index (χ0n) is 10.8. The van der Waals surface area contributed by atoms with Crippen LogP contribution in [0.1, 0.15) is 15.9 Å². The summed E-state index contributed by atoms with van der Waals surface area (Å²) in [6.45, 7) is 0.389. The van der Waals surface area contributed by atoms with Crippen LogP contribution in [0.2, 0.25) is 0 Å². The highest BCUT2D eigenvalue weighted by atomic mass is 79.9. The van der Waals surface area contributed by atoms with Crippen molar-refractivity contribution in [3.63, 3.8) is 0 Å². The number of halogens is 2. The third-order valence-electron chi connectivity index (χ3n) is 2.81.